The number of ether oxygens (including phenoxy) is 1. The minimum absolute atomic E-state index is 0.218. The van der Waals surface area contributed by atoms with Gasteiger partial charge in [0, 0.05) is 18.7 Å². The Morgan fingerprint density at radius 1 is 1.10 bits per heavy atom. The van der Waals surface area contributed by atoms with E-state index in [2.05, 4.69) is 4.85 Å². The molecule has 3 rings (SSSR count). The highest BCUT2D eigenvalue weighted by Crippen LogP contribution is 2.43. The molecule has 0 unspecified atom stereocenters. The quantitative estimate of drug-likeness (QED) is 0.289. The number of nitrogens with zero attached hydrogens (tertiary/aromatic N) is 2. The highest BCUT2D eigenvalue weighted by molar-refractivity contribution is 7.98. The van der Waals surface area contributed by atoms with Crippen LogP contribution in [0.15, 0.2) is 47.5 Å². The fourth-order valence-electron chi connectivity index (χ4n) is 3.25. The van der Waals surface area contributed by atoms with Gasteiger partial charge >= 0.3 is 5.97 Å². The average molecular weight is 412 g/mol. The van der Waals surface area contributed by atoms with Gasteiger partial charge in [0.05, 0.1) is 18.2 Å². The Balaban J connectivity index is 2.15. The molecule has 0 saturated carbocycles. The van der Waals surface area contributed by atoms with Gasteiger partial charge in [-0.05, 0) is 42.0 Å². The summed E-state index contributed by atoms with van der Waals surface area (Å²) in [7, 11) is 1.72. The van der Waals surface area contributed by atoms with Crippen LogP contribution in [0.4, 0.5) is 14.5 Å². The van der Waals surface area contributed by atoms with Crippen molar-refractivity contribution in [3.8, 4) is 22.3 Å². The van der Waals surface area contributed by atoms with Crippen molar-refractivity contribution in [1.82, 2.24) is 4.57 Å². The summed E-state index contributed by atoms with van der Waals surface area (Å²) < 4.78 is 33.9. The summed E-state index contributed by atoms with van der Waals surface area (Å²) in [4.78, 5) is 16.2. The second-order valence-electron chi connectivity index (χ2n) is 6.21. The van der Waals surface area contributed by atoms with Crippen molar-refractivity contribution in [3.63, 3.8) is 0 Å². The molecule has 0 atom stereocenters. The van der Waals surface area contributed by atoms with Crippen LogP contribution in [-0.2, 0) is 11.8 Å². The number of carbonyl (C=O) groups is 1. The summed E-state index contributed by atoms with van der Waals surface area (Å²) in [6, 6.07) is 10.2. The van der Waals surface area contributed by atoms with Crippen LogP contribution in [0.1, 0.15) is 17.4 Å². The highest BCUT2D eigenvalue weighted by atomic mass is 32.2. The van der Waals surface area contributed by atoms with Gasteiger partial charge in [-0.2, -0.15) is 0 Å². The van der Waals surface area contributed by atoms with Crippen molar-refractivity contribution in [2.75, 3.05) is 12.9 Å². The number of hydrogen-bond donors (Lipinski definition) is 0. The number of halogens is 2. The van der Waals surface area contributed by atoms with E-state index in [1.807, 2.05) is 6.26 Å². The van der Waals surface area contributed by atoms with E-state index in [-0.39, 0.29) is 6.61 Å². The van der Waals surface area contributed by atoms with Crippen LogP contribution < -0.4 is 0 Å². The van der Waals surface area contributed by atoms with Gasteiger partial charge in [-0.3, -0.25) is 0 Å². The van der Waals surface area contributed by atoms with Crippen molar-refractivity contribution >= 4 is 23.4 Å². The lowest BCUT2D eigenvalue weighted by atomic mass is 9.99. The highest BCUT2D eigenvalue weighted by Gasteiger charge is 2.27. The van der Waals surface area contributed by atoms with E-state index in [9.17, 15) is 13.6 Å². The van der Waals surface area contributed by atoms with Gasteiger partial charge in [-0.1, -0.05) is 24.3 Å². The topological polar surface area (TPSA) is 35.6 Å². The largest absolute Gasteiger partial charge is 0.461 e. The maximum absolute atomic E-state index is 13.5. The summed E-state index contributed by atoms with van der Waals surface area (Å²) in [5.41, 5.74) is 2.83. The van der Waals surface area contributed by atoms with Crippen LogP contribution in [-0.4, -0.2) is 23.4 Å². The third kappa shape index (κ3) is 3.89. The number of aromatic nitrogens is 1. The van der Waals surface area contributed by atoms with E-state index in [0.717, 1.165) is 6.07 Å². The molecule has 0 aliphatic rings. The number of hydrogen-bond acceptors (Lipinski definition) is 3. The van der Waals surface area contributed by atoms with Gasteiger partial charge in [0.15, 0.2) is 0 Å². The Morgan fingerprint density at radius 3 is 2.21 bits per heavy atom. The maximum Gasteiger partial charge on any atom is 0.354 e. The number of thioether (sulfide) groups is 1. The minimum Gasteiger partial charge on any atom is -0.461 e. The van der Waals surface area contributed by atoms with Crippen LogP contribution in [0.2, 0.25) is 0 Å². The smallest absolute Gasteiger partial charge is 0.354 e. The molecule has 0 bridgehead atoms. The molecule has 1 heterocycles. The van der Waals surface area contributed by atoms with Crippen LogP contribution >= 0.6 is 11.8 Å². The standard InChI is InChI=1S/C22H18F2N2O2S/c1-5-28-22(27)20-18(19(25-2)21(29-4)26(20)3)14-8-6-13(7-9-14)15-10-16(23)12-17(24)11-15/h6-12H,5H2,1,3-4H3. The molecular formula is C22H18F2N2O2S. The summed E-state index contributed by atoms with van der Waals surface area (Å²) in [6.07, 6.45) is 1.84. The van der Waals surface area contributed by atoms with Crippen molar-refractivity contribution < 1.29 is 18.3 Å². The lowest BCUT2D eigenvalue weighted by molar-refractivity contribution is 0.0515. The van der Waals surface area contributed by atoms with Crippen molar-refractivity contribution in [2.45, 2.75) is 11.9 Å². The molecule has 2 aromatic carbocycles. The number of benzene rings is 2. The van der Waals surface area contributed by atoms with Crippen molar-refractivity contribution in [3.05, 3.63) is 71.2 Å². The summed E-state index contributed by atoms with van der Waals surface area (Å²) in [6.45, 7) is 9.56. The molecule has 0 aliphatic heterocycles. The van der Waals surface area contributed by atoms with E-state index < -0.39 is 17.6 Å². The van der Waals surface area contributed by atoms with Gasteiger partial charge < -0.3 is 9.30 Å². The van der Waals surface area contributed by atoms with Gasteiger partial charge in [0.25, 0.3) is 0 Å². The minimum atomic E-state index is -0.656. The predicted octanol–water partition coefficient (Wildman–Crippen LogP) is 6.09. The van der Waals surface area contributed by atoms with E-state index >= 15 is 0 Å². The summed E-state index contributed by atoms with van der Waals surface area (Å²) in [5, 5.41) is 0.661. The Morgan fingerprint density at radius 2 is 1.69 bits per heavy atom. The van der Waals surface area contributed by atoms with Gasteiger partial charge in [-0.25, -0.2) is 18.4 Å². The molecule has 148 valence electrons. The number of esters is 1. The third-order valence-corrected chi connectivity index (χ3v) is 5.31. The lowest BCUT2D eigenvalue weighted by Gasteiger charge is -2.09. The van der Waals surface area contributed by atoms with E-state index in [0.29, 0.717) is 38.7 Å². The normalized spacial score (nSPS) is 10.6. The molecule has 1 aromatic heterocycles. The first-order valence-corrected chi connectivity index (χ1v) is 10.0. The van der Waals surface area contributed by atoms with E-state index in [1.165, 1.54) is 23.9 Å². The maximum atomic E-state index is 13.5. The molecule has 3 aromatic rings. The van der Waals surface area contributed by atoms with Crippen LogP contribution in [0, 0.1) is 18.2 Å². The monoisotopic (exact) mass is 412 g/mol. The van der Waals surface area contributed by atoms with Crippen molar-refractivity contribution in [2.24, 2.45) is 7.05 Å². The second-order valence-corrected chi connectivity index (χ2v) is 7.00. The van der Waals surface area contributed by atoms with Gasteiger partial charge in [0.1, 0.15) is 17.3 Å². The number of carbonyl (C=O) groups excluding carboxylic acids is 1. The molecule has 29 heavy (non-hydrogen) atoms. The fourth-order valence-corrected chi connectivity index (χ4v) is 3.95. The predicted molar refractivity (Wildman–Crippen MR) is 110 cm³/mol. The molecular weight excluding hydrogens is 394 g/mol. The molecule has 0 radical (unpaired) electrons. The molecule has 0 fully saturated rings. The van der Waals surface area contributed by atoms with Crippen LogP contribution in [0.3, 0.4) is 0 Å². The zero-order valence-corrected chi connectivity index (χ0v) is 16.9. The first-order chi connectivity index (χ1) is 13.9. The van der Waals surface area contributed by atoms with Gasteiger partial charge in [0.2, 0.25) is 5.69 Å². The summed E-state index contributed by atoms with van der Waals surface area (Å²) in [5.74, 6) is -1.82. The third-order valence-electron chi connectivity index (χ3n) is 4.46. The Hall–Kier alpha value is -3.11. The molecule has 0 aliphatic carbocycles. The van der Waals surface area contributed by atoms with Crippen molar-refractivity contribution in [1.29, 1.82) is 0 Å². The molecule has 4 nitrogen and oxygen atoms in total. The van der Waals surface area contributed by atoms with E-state index in [4.69, 9.17) is 11.3 Å². The van der Waals surface area contributed by atoms with Crippen LogP contribution in [0.25, 0.3) is 27.1 Å². The Bertz CT molecular complexity index is 1100. The Kier molecular flexibility index (Phi) is 6.04. The molecule has 0 saturated heterocycles. The molecule has 0 amide bonds. The summed E-state index contributed by atoms with van der Waals surface area (Å²) >= 11 is 1.37. The second kappa shape index (κ2) is 8.50. The number of rotatable bonds is 5. The zero-order valence-electron chi connectivity index (χ0n) is 16.1. The molecule has 0 spiro atoms. The lowest BCUT2D eigenvalue weighted by Crippen LogP contribution is -2.11. The SMILES string of the molecule is [C-]#[N+]c1c(-c2ccc(-c3cc(F)cc(F)c3)cc2)c(C(=O)OCC)n(C)c1SC. The van der Waals surface area contributed by atoms with Crippen LogP contribution in [0.5, 0.6) is 0 Å². The van der Waals surface area contributed by atoms with Gasteiger partial charge in [-0.15, -0.1) is 11.8 Å². The fraction of sp³-hybridized carbons (Fsp3) is 0.182. The Labute approximate surface area is 171 Å². The molecule has 0 N–H and O–H groups in total. The zero-order chi connectivity index (χ0) is 21.1. The average Bonchev–Trinajstić information content (AvgIpc) is 2.99. The first kappa shape index (κ1) is 20.6. The molecule has 7 heteroatoms. The first-order valence-electron chi connectivity index (χ1n) is 8.79. The van der Waals surface area contributed by atoms with E-state index in [1.54, 1.807) is 42.8 Å².